The van der Waals surface area contributed by atoms with Crippen LogP contribution < -0.4 is 10.6 Å². The van der Waals surface area contributed by atoms with Gasteiger partial charge in [-0.1, -0.05) is 6.07 Å². The van der Waals surface area contributed by atoms with Gasteiger partial charge in [0.15, 0.2) is 5.13 Å². The minimum absolute atomic E-state index is 0.136. The molecular formula is C20H15N3O6S2. The molecule has 0 unspecified atom stereocenters. The number of nitrogens with zero attached hydrogens (tertiary/aromatic N) is 1. The Morgan fingerprint density at radius 1 is 0.968 bits per heavy atom. The third kappa shape index (κ3) is 5.90. The summed E-state index contributed by atoms with van der Waals surface area (Å²) in [7, 11) is 0. The quantitative estimate of drug-likeness (QED) is 0.376. The number of thiazole rings is 1. The molecule has 3 rings (SSSR count). The first-order valence-electron chi connectivity index (χ1n) is 8.67. The average molecular weight is 457 g/mol. The molecular weight excluding hydrogens is 442 g/mol. The van der Waals surface area contributed by atoms with Crippen molar-refractivity contribution in [3.05, 3.63) is 70.7 Å². The number of nitrogens with one attached hydrogen (secondary N) is 2. The zero-order chi connectivity index (χ0) is 22.4. The zero-order valence-corrected chi connectivity index (χ0v) is 17.3. The lowest BCUT2D eigenvalue weighted by molar-refractivity contribution is -0.113. The van der Waals surface area contributed by atoms with Crippen molar-refractivity contribution < 1.29 is 29.4 Å². The molecule has 0 radical (unpaired) electrons. The van der Waals surface area contributed by atoms with E-state index in [1.54, 1.807) is 35.8 Å². The van der Waals surface area contributed by atoms with Crippen LogP contribution in [0.2, 0.25) is 0 Å². The highest BCUT2D eigenvalue weighted by Crippen LogP contribution is 2.23. The van der Waals surface area contributed by atoms with E-state index in [1.807, 2.05) is 0 Å². The molecule has 158 valence electrons. The maximum Gasteiger partial charge on any atom is 0.336 e. The molecule has 0 fully saturated rings. The van der Waals surface area contributed by atoms with Crippen LogP contribution in [0.25, 0.3) is 0 Å². The number of thioether (sulfide) groups is 1. The number of benzene rings is 2. The molecule has 0 aliphatic heterocycles. The van der Waals surface area contributed by atoms with E-state index in [0.29, 0.717) is 15.7 Å². The fourth-order valence-electron chi connectivity index (χ4n) is 2.50. The molecule has 11 heteroatoms. The van der Waals surface area contributed by atoms with E-state index < -0.39 is 23.4 Å². The molecule has 2 aromatic carbocycles. The highest BCUT2D eigenvalue weighted by Gasteiger charge is 2.19. The lowest BCUT2D eigenvalue weighted by Crippen LogP contribution is -2.17. The SMILES string of the molecule is O=C(CSc1cccc(NC(=O)c2ccc(C(=O)O)cc2C(=O)O)c1)Nc1nccs1. The molecule has 0 aliphatic carbocycles. The molecule has 9 nitrogen and oxygen atoms in total. The van der Waals surface area contributed by atoms with Crippen LogP contribution in [0.3, 0.4) is 0 Å². The fraction of sp³-hybridized carbons (Fsp3) is 0.0500. The lowest BCUT2D eigenvalue weighted by atomic mass is 10.0. The molecule has 31 heavy (non-hydrogen) atoms. The molecule has 4 N–H and O–H groups in total. The summed E-state index contributed by atoms with van der Waals surface area (Å²) in [6.45, 7) is 0. The van der Waals surface area contributed by atoms with Gasteiger partial charge < -0.3 is 20.8 Å². The summed E-state index contributed by atoms with van der Waals surface area (Å²) in [4.78, 5) is 51.8. The Bertz CT molecular complexity index is 1150. The van der Waals surface area contributed by atoms with Crippen molar-refractivity contribution in [3.8, 4) is 0 Å². The predicted molar refractivity (Wildman–Crippen MR) is 116 cm³/mol. The van der Waals surface area contributed by atoms with Crippen LogP contribution in [0.4, 0.5) is 10.8 Å². The number of aromatic carboxylic acids is 2. The predicted octanol–water partition coefficient (Wildman–Crippen LogP) is 3.52. The van der Waals surface area contributed by atoms with Gasteiger partial charge in [0.25, 0.3) is 5.91 Å². The molecule has 0 aliphatic rings. The van der Waals surface area contributed by atoms with Crippen molar-refractivity contribution in [2.24, 2.45) is 0 Å². The summed E-state index contributed by atoms with van der Waals surface area (Å²) in [5.74, 6) is -3.49. The summed E-state index contributed by atoms with van der Waals surface area (Å²) in [5, 5.41) is 25.9. The number of amides is 2. The number of carboxylic acid groups (broad SMARTS) is 2. The van der Waals surface area contributed by atoms with Crippen molar-refractivity contribution in [2.75, 3.05) is 16.4 Å². The molecule has 1 aromatic heterocycles. The van der Waals surface area contributed by atoms with Crippen LogP contribution in [0.15, 0.2) is 58.9 Å². The number of hydrogen-bond donors (Lipinski definition) is 4. The first kappa shape index (κ1) is 22.0. The maximum absolute atomic E-state index is 12.6. The van der Waals surface area contributed by atoms with Gasteiger partial charge in [0.1, 0.15) is 0 Å². The topological polar surface area (TPSA) is 146 Å². The van der Waals surface area contributed by atoms with Crippen LogP contribution in [0, 0.1) is 0 Å². The minimum atomic E-state index is -1.41. The van der Waals surface area contributed by atoms with Crippen molar-refractivity contribution >= 4 is 57.7 Å². The molecule has 0 spiro atoms. The van der Waals surface area contributed by atoms with Gasteiger partial charge in [-0.05, 0) is 36.4 Å². The van der Waals surface area contributed by atoms with E-state index in [0.717, 1.165) is 18.2 Å². The van der Waals surface area contributed by atoms with Crippen LogP contribution in [-0.2, 0) is 4.79 Å². The first-order chi connectivity index (χ1) is 14.8. The standard InChI is InChI=1S/C20H15N3O6S2/c24-16(23-20-21-6-7-30-20)10-31-13-3-1-2-12(9-13)22-17(25)14-5-4-11(18(26)27)8-15(14)19(28)29/h1-9H,10H2,(H,22,25)(H,26,27)(H,28,29)(H,21,23,24). The zero-order valence-electron chi connectivity index (χ0n) is 15.7. The molecule has 2 amide bonds. The Kier molecular flexibility index (Phi) is 7.00. The highest BCUT2D eigenvalue weighted by atomic mass is 32.2. The van der Waals surface area contributed by atoms with E-state index in [2.05, 4.69) is 15.6 Å². The average Bonchev–Trinajstić information content (AvgIpc) is 3.25. The van der Waals surface area contributed by atoms with E-state index >= 15 is 0 Å². The molecule has 1 heterocycles. The number of carboxylic acids is 2. The lowest BCUT2D eigenvalue weighted by Gasteiger charge is -2.10. The van der Waals surface area contributed by atoms with E-state index in [-0.39, 0.29) is 22.8 Å². The molecule has 0 atom stereocenters. The Hall–Kier alpha value is -3.70. The Balaban J connectivity index is 1.68. The maximum atomic E-state index is 12.6. The van der Waals surface area contributed by atoms with Gasteiger partial charge in [0, 0.05) is 22.2 Å². The minimum Gasteiger partial charge on any atom is -0.478 e. The van der Waals surface area contributed by atoms with Crippen molar-refractivity contribution in [2.45, 2.75) is 4.90 Å². The van der Waals surface area contributed by atoms with Gasteiger partial charge >= 0.3 is 11.9 Å². The van der Waals surface area contributed by atoms with Gasteiger partial charge in [-0.15, -0.1) is 23.1 Å². The van der Waals surface area contributed by atoms with Crippen LogP contribution in [-0.4, -0.2) is 44.7 Å². The molecule has 0 saturated heterocycles. The van der Waals surface area contributed by atoms with Gasteiger partial charge in [-0.2, -0.15) is 0 Å². The van der Waals surface area contributed by atoms with Crippen LogP contribution >= 0.6 is 23.1 Å². The summed E-state index contributed by atoms with van der Waals surface area (Å²) < 4.78 is 0. The molecule has 3 aromatic rings. The summed E-state index contributed by atoms with van der Waals surface area (Å²) in [6.07, 6.45) is 1.59. The monoisotopic (exact) mass is 457 g/mol. The number of aromatic nitrogens is 1. The third-order valence-electron chi connectivity index (χ3n) is 3.88. The van der Waals surface area contributed by atoms with E-state index in [4.69, 9.17) is 5.11 Å². The molecule has 0 bridgehead atoms. The first-order valence-corrected chi connectivity index (χ1v) is 10.5. The van der Waals surface area contributed by atoms with Gasteiger partial charge in [0.2, 0.25) is 5.91 Å². The number of anilines is 2. The highest BCUT2D eigenvalue weighted by molar-refractivity contribution is 8.00. The largest absolute Gasteiger partial charge is 0.478 e. The molecule has 0 saturated carbocycles. The second kappa shape index (κ2) is 9.87. The Morgan fingerprint density at radius 3 is 2.45 bits per heavy atom. The number of carbonyl (C=O) groups excluding carboxylic acids is 2. The van der Waals surface area contributed by atoms with Crippen LogP contribution in [0.5, 0.6) is 0 Å². The number of hydrogen-bond acceptors (Lipinski definition) is 7. The van der Waals surface area contributed by atoms with Crippen LogP contribution in [0.1, 0.15) is 31.1 Å². The Morgan fingerprint density at radius 2 is 1.77 bits per heavy atom. The number of rotatable bonds is 8. The third-order valence-corrected chi connectivity index (χ3v) is 5.56. The van der Waals surface area contributed by atoms with Gasteiger partial charge in [-0.3, -0.25) is 9.59 Å². The summed E-state index contributed by atoms with van der Waals surface area (Å²) >= 11 is 2.57. The van der Waals surface area contributed by atoms with Gasteiger partial charge in [0.05, 0.1) is 22.4 Å². The summed E-state index contributed by atoms with van der Waals surface area (Å²) in [5.41, 5.74) is -0.419. The fourth-order valence-corrected chi connectivity index (χ4v) is 3.80. The van der Waals surface area contributed by atoms with Crippen molar-refractivity contribution in [1.29, 1.82) is 0 Å². The smallest absolute Gasteiger partial charge is 0.336 e. The van der Waals surface area contributed by atoms with E-state index in [9.17, 15) is 24.3 Å². The van der Waals surface area contributed by atoms with Crippen molar-refractivity contribution in [1.82, 2.24) is 4.98 Å². The second-order valence-corrected chi connectivity index (χ2v) is 7.97. The Labute approximate surface area is 184 Å². The normalized spacial score (nSPS) is 10.3. The van der Waals surface area contributed by atoms with Crippen molar-refractivity contribution in [3.63, 3.8) is 0 Å². The van der Waals surface area contributed by atoms with E-state index in [1.165, 1.54) is 23.1 Å². The summed E-state index contributed by atoms with van der Waals surface area (Å²) in [6, 6.07) is 9.96. The number of carbonyl (C=O) groups is 4. The van der Waals surface area contributed by atoms with Gasteiger partial charge in [-0.25, -0.2) is 14.6 Å². The second-order valence-electron chi connectivity index (χ2n) is 6.03.